The van der Waals surface area contributed by atoms with E-state index in [1.807, 2.05) is 25.1 Å². The van der Waals surface area contributed by atoms with Crippen LogP contribution in [0.3, 0.4) is 0 Å². The third kappa shape index (κ3) is 6.94. The first-order valence-corrected chi connectivity index (χ1v) is 12.6. The van der Waals surface area contributed by atoms with Crippen LogP contribution in [0.2, 0.25) is 0 Å². The van der Waals surface area contributed by atoms with Crippen molar-refractivity contribution in [2.75, 3.05) is 22.8 Å². The summed E-state index contributed by atoms with van der Waals surface area (Å²) in [5, 5.41) is 13.4. The molecule has 3 aromatic rings. The molecular weight excluding hydrogens is 464 g/mol. The number of nitrogens with one attached hydrogen (secondary N) is 1. The number of para-hydroxylation sites is 1. The van der Waals surface area contributed by atoms with Gasteiger partial charge in [0.15, 0.2) is 0 Å². The second-order valence-electron chi connectivity index (χ2n) is 8.14. The molecule has 0 bridgehead atoms. The van der Waals surface area contributed by atoms with Crippen molar-refractivity contribution >= 4 is 27.3 Å². The monoisotopic (exact) mass is 494 g/mol. The number of carbonyl (C=O) groups is 1. The number of amides is 1. The van der Waals surface area contributed by atoms with Crippen molar-refractivity contribution in [2.24, 2.45) is 0 Å². The molecule has 35 heavy (non-hydrogen) atoms. The summed E-state index contributed by atoms with van der Waals surface area (Å²) in [4.78, 5) is 11.4. The minimum Gasteiger partial charge on any atom is -0.491 e. The van der Waals surface area contributed by atoms with E-state index in [1.165, 1.54) is 19.1 Å². The van der Waals surface area contributed by atoms with Crippen molar-refractivity contribution in [3.05, 3.63) is 96.6 Å². The second kappa shape index (κ2) is 11.7. The highest BCUT2D eigenvalue weighted by Gasteiger charge is 2.27. The summed E-state index contributed by atoms with van der Waals surface area (Å²) in [6.07, 6.45) is 1.27. The summed E-state index contributed by atoms with van der Waals surface area (Å²) in [7, 11) is -3.98. The Morgan fingerprint density at radius 2 is 1.74 bits per heavy atom. The Balaban J connectivity index is 1.86. The van der Waals surface area contributed by atoms with E-state index in [4.69, 9.17) is 4.74 Å². The van der Waals surface area contributed by atoms with Gasteiger partial charge in [-0.15, -0.1) is 6.58 Å². The lowest BCUT2D eigenvalue weighted by atomic mass is 10.1. The van der Waals surface area contributed by atoms with Gasteiger partial charge in [0, 0.05) is 12.6 Å². The van der Waals surface area contributed by atoms with Crippen LogP contribution in [0.15, 0.2) is 90.3 Å². The van der Waals surface area contributed by atoms with Gasteiger partial charge in [-0.05, 0) is 61.4 Å². The number of anilines is 2. The fraction of sp³-hybridized carbons (Fsp3) is 0.222. The highest BCUT2D eigenvalue weighted by molar-refractivity contribution is 7.92. The summed E-state index contributed by atoms with van der Waals surface area (Å²) in [6, 6.07) is 20.4. The fourth-order valence-electron chi connectivity index (χ4n) is 3.49. The summed E-state index contributed by atoms with van der Waals surface area (Å²) < 4.78 is 34.1. The Morgan fingerprint density at radius 1 is 1.09 bits per heavy atom. The topological polar surface area (TPSA) is 95.9 Å². The van der Waals surface area contributed by atoms with Gasteiger partial charge in [-0.1, -0.05) is 42.0 Å². The summed E-state index contributed by atoms with van der Waals surface area (Å²) >= 11 is 0. The summed E-state index contributed by atoms with van der Waals surface area (Å²) in [6.45, 7) is 6.69. The first-order chi connectivity index (χ1) is 16.7. The zero-order chi connectivity index (χ0) is 25.4. The lowest BCUT2D eigenvalue weighted by molar-refractivity contribution is -0.114. The standard InChI is InChI=1S/C27H30N2O5S/c1-4-7-22-8-5-6-9-27(22)34-19-25(31)18-29(24-14-12-23(13-15-24)28-21(3)30)35(32,33)26-16-10-20(2)11-17-26/h4-6,8-17,25,31H,1,7,18-19H2,2-3H3,(H,28,30)/t25-/m0/s1. The lowest BCUT2D eigenvalue weighted by Crippen LogP contribution is -2.40. The van der Waals surface area contributed by atoms with Crippen LogP contribution in [0.25, 0.3) is 0 Å². The number of aryl methyl sites for hydroxylation is 1. The van der Waals surface area contributed by atoms with E-state index in [0.29, 0.717) is 23.5 Å². The van der Waals surface area contributed by atoms with Gasteiger partial charge in [0.1, 0.15) is 18.5 Å². The van der Waals surface area contributed by atoms with Gasteiger partial charge in [-0.3, -0.25) is 9.10 Å². The molecule has 2 N–H and O–H groups in total. The molecule has 0 heterocycles. The molecule has 8 heteroatoms. The molecule has 0 saturated heterocycles. The van der Waals surface area contributed by atoms with Gasteiger partial charge >= 0.3 is 0 Å². The SMILES string of the molecule is C=CCc1ccccc1OC[C@@H](O)CN(c1ccc(NC(C)=O)cc1)S(=O)(=O)c1ccc(C)cc1. The Kier molecular flexibility index (Phi) is 8.68. The maximum atomic E-state index is 13.5. The second-order valence-corrected chi connectivity index (χ2v) is 10.0. The first kappa shape index (κ1) is 26.0. The van der Waals surface area contributed by atoms with E-state index in [0.717, 1.165) is 15.4 Å². The first-order valence-electron chi connectivity index (χ1n) is 11.2. The van der Waals surface area contributed by atoms with Crippen LogP contribution in [-0.4, -0.2) is 38.7 Å². The molecule has 0 saturated carbocycles. The summed E-state index contributed by atoms with van der Waals surface area (Å²) in [5.74, 6) is 0.380. The van der Waals surface area contributed by atoms with Gasteiger partial charge in [0.2, 0.25) is 5.91 Å². The number of nitrogens with zero attached hydrogens (tertiary/aromatic N) is 1. The smallest absolute Gasteiger partial charge is 0.264 e. The minimum absolute atomic E-state index is 0.0992. The molecule has 0 aliphatic heterocycles. The number of allylic oxidation sites excluding steroid dienone is 1. The quantitative estimate of drug-likeness (QED) is 0.387. The third-order valence-electron chi connectivity index (χ3n) is 5.23. The Hall–Kier alpha value is -3.62. The molecule has 1 atom stereocenters. The van der Waals surface area contributed by atoms with E-state index in [2.05, 4.69) is 11.9 Å². The number of hydrogen-bond acceptors (Lipinski definition) is 5. The van der Waals surface area contributed by atoms with Crippen LogP contribution in [0.4, 0.5) is 11.4 Å². The van der Waals surface area contributed by atoms with Crippen molar-refractivity contribution < 1.29 is 23.1 Å². The van der Waals surface area contributed by atoms with Crippen LogP contribution in [0.1, 0.15) is 18.1 Å². The van der Waals surface area contributed by atoms with Gasteiger partial charge in [-0.2, -0.15) is 0 Å². The lowest BCUT2D eigenvalue weighted by Gasteiger charge is -2.27. The molecular formula is C27H30N2O5S. The van der Waals surface area contributed by atoms with Gasteiger partial charge in [-0.25, -0.2) is 8.42 Å². The molecule has 7 nitrogen and oxygen atoms in total. The molecule has 0 spiro atoms. The number of aliphatic hydroxyl groups is 1. The highest BCUT2D eigenvalue weighted by atomic mass is 32.2. The molecule has 0 fully saturated rings. The van der Waals surface area contributed by atoms with Crippen molar-refractivity contribution in [1.29, 1.82) is 0 Å². The van der Waals surface area contributed by atoms with Crippen molar-refractivity contribution in [3.63, 3.8) is 0 Å². The molecule has 3 rings (SSSR count). The van der Waals surface area contributed by atoms with Crippen LogP contribution in [0, 0.1) is 6.92 Å². The highest BCUT2D eigenvalue weighted by Crippen LogP contribution is 2.26. The molecule has 3 aromatic carbocycles. The molecule has 0 aromatic heterocycles. The Morgan fingerprint density at radius 3 is 2.37 bits per heavy atom. The van der Waals surface area contributed by atoms with Crippen molar-refractivity contribution in [1.82, 2.24) is 0 Å². The van der Waals surface area contributed by atoms with E-state index in [9.17, 15) is 18.3 Å². The van der Waals surface area contributed by atoms with Gasteiger partial charge in [0.05, 0.1) is 17.1 Å². The molecule has 0 aliphatic rings. The number of sulfonamides is 1. The zero-order valence-electron chi connectivity index (χ0n) is 19.8. The van der Waals surface area contributed by atoms with Crippen molar-refractivity contribution in [2.45, 2.75) is 31.3 Å². The maximum absolute atomic E-state index is 13.5. The third-order valence-corrected chi connectivity index (χ3v) is 7.04. The molecule has 0 radical (unpaired) electrons. The zero-order valence-corrected chi connectivity index (χ0v) is 20.7. The van der Waals surface area contributed by atoms with Gasteiger partial charge in [0.25, 0.3) is 10.0 Å². The fourth-order valence-corrected chi connectivity index (χ4v) is 5.00. The average Bonchev–Trinajstić information content (AvgIpc) is 2.82. The van der Waals surface area contributed by atoms with Gasteiger partial charge < -0.3 is 15.2 Å². The Bertz CT molecular complexity index is 1260. The number of rotatable bonds is 11. The van der Waals surface area contributed by atoms with Crippen LogP contribution < -0.4 is 14.4 Å². The molecule has 184 valence electrons. The van der Waals surface area contributed by atoms with Crippen LogP contribution >= 0.6 is 0 Å². The molecule has 1 amide bonds. The van der Waals surface area contributed by atoms with Crippen LogP contribution in [-0.2, 0) is 21.2 Å². The van der Waals surface area contributed by atoms with E-state index < -0.39 is 16.1 Å². The largest absolute Gasteiger partial charge is 0.491 e. The maximum Gasteiger partial charge on any atom is 0.264 e. The van der Waals surface area contributed by atoms with E-state index in [1.54, 1.807) is 48.5 Å². The predicted molar refractivity (Wildman–Crippen MR) is 138 cm³/mol. The van der Waals surface area contributed by atoms with E-state index >= 15 is 0 Å². The molecule has 0 aliphatic carbocycles. The average molecular weight is 495 g/mol. The van der Waals surface area contributed by atoms with Crippen LogP contribution in [0.5, 0.6) is 5.75 Å². The number of carbonyl (C=O) groups excluding carboxylic acids is 1. The minimum atomic E-state index is -3.98. The number of aliphatic hydroxyl groups excluding tert-OH is 1. The normalized spacial score (nSPS) is 12.0. The summed E-state index contributed by atoms with van der Waals surface area (Å²) in [5.41, 5.74) is 2.75. The Labute approximate surface area is 206 Å². The van der Waals surface area contributed by atoms with Crippen molar-refractivity contribution in [3.8, 4) is 5.75 Å². The number of ether oxygens (including phenoxy) is 1. The predicted octanol–water partition coefficient (Wildman–Crippen LogP) is 4.32. The molecule has 0 unspecified atom stereocenters. The number of benzene rings is 3. The van der Waals surface area contributed by atoms with E-state index in [-0.39, 0.29) is 24.0 Å². The number of hydrogen-bond donors (Lipinski definition) is 2.